The third-order valence-corrected chi connectivity index (χ3v) is 6.16. The molecule has 1 fully saturated rings. The molecule has 11 heteroatoms. The molecule has 0 unspecified atom stereocenters. The first-order valence-electron chi connectivity index (χ1n) is 10.0. The normalized spacial score (nSPS) is 19.8. The van der Waals surface area contributed by atoms with E-state index < -0.39 is 48.3 Å². The first-order chi connectivity index (χ1) is 15.6. The van der Waals surface area contributed by atoms with E-state index in [2.05, 4.69) is 0 Å². The maximum absolute atomic E-state index is 14.4. The van der Waals surface area contributed by atoms with Gasteiger partial charge in [-0.05, 0) is 42.8 Å². The number of urea groups is 1. The second-order valence-corrected chi connectivity index (χ2v) is 8.59. The zero-order valence-electron chi connectivity index (χ0n) is 17.3. The lowest BCUT2D eigenvalue weighted by molar-refractivity contribution is -0.144. The topological polar surface area (TPSA) is 98.2 Å². The highest BCUT2D eigenvalue weighted by Gasteiger charge is 2.68. The van der Waals surface area contributed by atoms with E-state index >= 15 is 0 Å². The summed E-state index contributed by atoms with van der Waals surface area (Å²) < 4.78 is 14.4. The van der Waals surface area contributed by atoms with Crippen molar-refractivity contribution >= 4 is 52.7 Å². The van der Waals surface area contributed by atoms with Gasteiger partial charge in [-0.3, -0.25) is 29.1 Å². The quantitative estimate of drug-likeness (QED) is 0.489. The van der Waals surface area contributed by atoms with E-state index in [9.17, 15) is 28.7 Å². The molecule has 1 saturated heterocycles. The molecule has 0 aliphatic carbocycles. The van der Waals surface area contributed by atoms with Crippen LogP contribution >= 0.6 is 23.2 Å². The number of carbonyl (C=O) groups is 4. The third-order valence-electron chi connectivity index (χ3n) is 5.69. The van der Waals surface area contributed by atoms with Crippen LogP contribution in [-0.2, 0) is 26.5 Å². The number of amides is 4. The fraction of sp³-hybridized carbons (Fsp3) is 0.273. The number of anilines is 1. The standard InChI is InChI=1S/C22H18Cl2FN3O5/c1-2-7-28-21(33)27(10-12-8-13(23)3-5-16(12)25)20(32)22(28)15-9-14(24)4-6-17(15)26(19(22)31)11-18(29)30/h3-6,8-9H,2,7,10-11H2,1H3,(H,29,30)/t22-/m0/s1. The van der Waals surface area contributed by atoms with Gasteiger partial charge >= 0.3 is 12.0 Å². The molecule has 1 atom stereocenters. The van der Waals surface area contributed by atoms with Gasteiger partial charge in [0.05, 0.1) is 12.2 Å². The Kier molecular flexibility index (Phi) is 5.79. The second-order valence-electron chi connectivity index (χ2n) is 7.72. The summed E-state index contributed by atoms with van der Waals surface area (Å²) in [6, 6.07) is 7.24. The molecule has 33 heavy (non-hydrogen) atoms. The van der Waals surface area contributed by atoms with E-state index in [1.54, 1.807) is 6.92 Å². The van der Waals surface area contributed by atoms with E-state index in [-0.39, 0.29) is 33.4 Å². The van der Waals surface area contributed by atoms with Crippen LogP contribution in [0.5, 0.6) is 0 Å². The molecule has 1 spiro atoms. The monoisotopic (exact) mass is 493 g/mol. The fourth-order valence-corrected chi connectivity index (χ4v) is 4.73. The molecule has 2 aromatic rings. The van der Waals surface area contributed by atoms with Crippen molar-refractivity contribution in [2.75, 3.05) is 18.0 Å². The number of rotatable bonds is 6. The predicted molar refractivity (Wildman–Crippen MR) is 117 cm³/mol. The van der Waals surface area contributed by atoms with E-state index in [0.717, 1.165) is 20.8 Å². The Morgan fingerprint density at radius 1 is 1.03 bits per heavy atom. The maximum Gasteiger partial charge on any atom is 0.328 e. The van der Waals surface area contributed by atoms with Crippen LogP contribution in [0.3, 0.4) is 0 Å². The van der Waals surface area contributed by atoms with E-state index in [4.69, 9.17) is 23.2 Å². The highest BCUT2D eigenvalue weighted by molar-refractivity contribution is 6.32. The van der Waals surface area contributed by atoms with Crippen molar-refractivity contribution in [2.45, 2.75) is 25.4 Å². The zero-order valence-corrected chi connectivity index (χ0v) is 18.9. The molecule has 2 aromatic carbocycles. The average Bonchev–Trinajstić information content (AvgIpc) is 3.10. The highest BCUT2D eigenvalue weighted by atomic mass is 35.5. The summed E-state index contributed by atoms with van der Waals surface area (Å²) in [6.45, 7) is 0.628. The zero-order chi connectivity index (χ0) is 24.1. The Labute approximate surface area is 198 Å². The first kappa shape index (κ1) is 23.0. The smallest absolute Gasteiger partial charge is 0.328 e. The van der Waals surface area contributed by atoms with Gasteiger partial charge in [-0.1, -0.05) is 30.1 Å². The van der Waals surface area contributed by atoms with Gasteiger partial charge in [0.15, 0.2) is 0 Å². The molecule has 2 heterocycles. The van der Waals surface area contributed by atoms with Gasteiger partial charge in [0.1, 0.15) is 12.4 Å². The summed E-state index contributed by atoms with van der Waals surface area (Å²) in [6.07, 6.45) is 0.405. The SMILES string of the molecule is CCCN1C(=O)N(Cc2cc(Cl)ccc2F)C(=O)[C@]12C(=O)N(CC(=O)O)c1ccc(Cl)cc12. The number of benzene rings is 2. The number of carboxylic acids is 1. The van der Waals surface area contributed by atoms with Crippen molar-refractivity contribution in [3.63, 3.8) is 0 Å². The van der Waals surface area contributed by atoms with Crippen molar-refractivity contribution in [2.24, 2.45) is 0 Å². The number of hydrogen-bond donors (Lipinski definition) is 1. The molecule has 0 saturated carbocycles. The number of carbonyl (C=O) groups excluding carboxylic acids is 3. The van der Waals surface area contributed by atoms with Crippen molar-refractivity contribution in [3.8, 4) is 0 Å². The summed E-state index contributed by atoms with van der Waals surface area (Å²) >= 11 is 12.1. The summed E-state index contributed by atoms with van der Waals surface area (Å²) in [5.41, 5.74) is -1.85. The Hall–Kier alpha value is -3.17. The number of fused-ring (bicyclic) bond motifs is 2. The molecule has 4 amide bonds. The minimum absolute atomic E-state index is 0.00291. The largest absolute Gasteiger partial charge is 0.480 e. The molecule has 1 N–H and O–H groups in total. The second kappa shape index (κ2) is 8.31. The Balaban J connectivity index is 1.89. The van der Waals surface area contributed by atoms with Crippen LogP contribution in [0.1, 0.15) is 24.5 Å². The van der Waals surface area contributed by atoms with Crippen LogP contribution in [0.15, 0.2) is 36.4 Å². The molecule has 0 radical (unpaired) electrons. The van der Waals surface area contributed by atoms with Crippen LogP contribution in [0.2, 0.25) is 10.0 Å². The van der Waals surface area contributed by atoms with Crippen LogP contribution in [0.25, 0.3) is 0 Å². The third kappa shape index (κ3) is 3.43. The molecular weight excluding hydrogens is 476 g/mol. The highest BCUT2D eigenvalue weighted by Crippen LogP contribution is 2.50. The van der Waals surface area contributed by atoms with Crippen LogP contribution in [0.4, 0.5) is 14.9 Å². The molecule has 172 valence electrons. The maximum atomic E-state index is 14.4. The molecule has 2 aliphatic rings. The Morgan fingerprint density at radius 2 is 1.67 bits per heavy atom. The average molecular weight is 494 g/mol. The van der Waals surface area contributed by atoms with Gasteiger partial charge in [-0.15, -0.1) is 0 Å². The summed E-state index contributed by atoms with van der Waals surface area (Å²) in [7, 11) is 0. The molecule has 8 nitrogen and oxygen atoms in total. The number of imide groups is 1. The lowest BCUT2D eigenvalue weighted by atomic mass is 9.89. The van der Waals surface area contributed by atoms with Crippen molar-refractivity contribution in [1.29, 1.82) is 0 Å². The van der Waals surface area contributed by atoms with E-state index in [1.807, 2.05) is 0 Å². The Bertz CT molecular complexity index is 1210. The fourth-order valence-electron chi connectivity index (χ4n) is 4.36. The van der Waals surface area contributed by atoms with Gasteiger partial charge in [-0.25, -0.2) is 9.18 Å². The lowest BCUT2D eigenvalue weighted by Gasteiger charge is -2.30. The van der Waals surface area contributed by atoms with Crippen molar-refractivity contribution in [1.82, 2.24) is 9.80 Å². The number of nitrogens with zero attached hydrogens (tertiary/aromatic N) is 3. The summed E-state index contributed by atoms with van der Waals surface area (Å²) in [5, 5.41) is 9.76. The molecule has 0 aromatic heterocycles. The summed E-state index contributed by atoms with van der Waals surface area (Å²) in [4.78, 5) is 55.2. The van der Waals surface area contributed by atoms with Gasteiger partial charge in [0.2, 0.25) is 5.54 Å². The lowest BCUT2D eigenvalue weighted by Crippen LogP contribution is -2.55. The number of halogens is 3. The minimum atomic E-state index is -2.13. The molecule has 4 rings (SSSR count). The van der Waals surface area contributed by atoms with Crippen LogP contribution < -0.4 is 4.90 Å². The first-order valence-corrected chi connectivity index (χ1v) is 10.8. The van der Waals surface area contributed by atoms with Crippen LogP contribution in [0, 0.1) is 5.82 Å². The van der Waals surface area contributed by atoms with Crippen molar-refractivity contribution in [3.05, 3.63) is 63.4 Å². The van der Waals surface area contributed by atoms with Gasteiger partial charge in [-0.2, -0.15) is 0 Å². The summed E-state index contributed by atoms with van der Waals surface area (Å²) in [5.74, 6) is -3.74. The molecular formula is C22H18Cl2FN3O5. The van der Waals surface area contributed by atoms with Gasteiger partial charge in [0.25, 0.3) is 11.8 Å². The minimum Gasteiger partial charge on any atom is -0.480 e. The number of carboxylic acid groups (broad SMARTS) is 1. The van der Waals surface area contributed by atoms with E-state index in [1.165, 1.54) is 30.3 Å². The van der Waals surface area contributed by atoms with Gasteiger partial charge in [0, 0.05) is 27.7 Å². The van der Waals surface area contributed by atoms with Gasteiger partial charge < -0.3 is 5.11 Å². The number of aliphatic carboxylic acids is 1. The molecule has 0 bridgehead atoms. The number of hydrogen-bond acceptors (Lipinski definition) is 4. The van der Waals surface area contributed by atoms with Crippen LogP contribution in [-0.4, -0.2) is 51.8 Å². The Morgan fingerprint density at radius 3 is 2.33 bits per heavy atom. The molecule has 2 aliphatic heterocycles. The predicted octanol–water partition coefficient (Wildman–Crippen LogP) is 3.63. The van der Waals surface area contributed by atoms with E-state index in [0.29, 0.717) is 6.42 Å². The van der Waals surface area contributed by atoms with Crippen molar-refractivity contribution < 1.29 is 28.7 Å².